The van der Waals surface area contributed by atoms with Gasteiger partial charge >= 0.3 is 6.36 Å². The fourth-order valence-corrected chi connectivity index (χ4v) is 3.89. The van der Waals surface area contributed by atoms with E-state index in [4.69, 9.17) is 4.74 Å². The lowest BCUT2D eigenvalue weighted by molar-refractivity contribution is -0.274. The third kappa shape index (κ3) is 4.70. The van der Waals surface area contributed by atoms with Gasteiger partial charge in [-0.05, 0) is 47.9 Å². The number of halogens is 3. The summed E-state index contributed by atoms with van der Waals surface area (Å²) < 4.78 is 47.1. The largest absolute Gasteiger partial charge is 0.573 e. The molecule has 0 spiro atoms. The molecule has 6 nitrogen and oxygen atoms in total. The molecule has 0 N–H and O–H groups in total. The average Bonchev–Trinajstić information content (AvgIpc) is 2.91. The molecule has 1 atom stereocenters. The first-order valence-electron chi connectivity index (χ1n) is 9.71. The number of allylic oxidation sites excluding steroid dienone is 3. The third-order valence-corrected chi connectivity index (χ3v) is 5.31. The number of hydrogen-bond acceptors (Lipinski definition) is 5. The zero-order chi connectivity index (χ0) is 22.1. The van der Waals surface area contributed by atoms with Gasteiger partial charge in [0.05, 0.1) is 6.54 Å². The molecule has 4 rings (SSSR count). The molecule has 31 heavy (non-hydrogen) atoms. The van der Waals surface area contributed by atoms with E-state index in [1.165, 1.54) is 18.3 Å². The van der Waals surface area contributed by atoms with Gasteiger partial charge in [0.1, 0.15) is 18.1 Å². The number of hydrogen-bond donors (Lipinski definition) is 0. The second-order valence-electron chi connectivity index (χ2n) is 7.72. The quantitative estimate of drug-likeness (QED) is 0.728. The summed E-state index contributed by atoms with van der Waals surface area (Å²) in [5.41, 5.74) is 1.49. The van der Waals surface area contributed by atoms with Crippen LogP contribution < -0.4 is 4.74 Å². The van der Waals surface area contributed by atoms with Crippen molar-refractivity contribution in [3.8, 4) is 5.75 Å². The van der Waals surface area contributed by atoms with Gasteiger partial charge in [-0.25, -0.2) is 0 Å². The first kappa shape index (κ1) is 20.9. The van der Waals surface area contributed by atoms with Gasteiger partial charge in [0.2, 0.25) is 0 Å². The van der Waals surface area contributed by atoms with Crippen LogP contribution in [0.1, 0.15) is 29.4 Å². The first-order valence-corrected chi connectivity index (χ1v) is 9.71. The average molecular weight is 431 g/mol. The maximum Gasteiger partial charge on any atom is 0.573 e. The van der Waals surface area contributed by atoms with Crippen molar-refractivity contribution < 1.29 is 27.4 Å². The Balaban J connectivity index is 1.54. The minimum absolute atomic E-state index is 0.219. The van der Waals surface area contributed by atoms with Crippen molar-refractivity contribution >= 4 is 11.5 Å². The summed E-state index contributed by atoms with van der Waals surface area (Å²) in [7, 11) is 0. The molecular formula is C22H20F3N3O3. The van der Waals surface area contributed by atoms with Gasteiger partial charge in [-0.15, -0.1) is 18.3 Å². The van der Waals surface area contributed by atoms with Gasteiger partial charge in [-0.2, -0.15) is 5.10 Å². The lowest BCUT2D eigenvalue weighted by atomic mass is 9.76. The normalized spacial score (nSPS) is 21.2. The van der Waals surface area contributed by atoms with Crippen molar-refractivity contribution in [3.05, 3.63) is 71.8 Å². The van der Waals surface area contributed by atoms with E-state index < -0.39 is 11.8 Å². The highest BCUT2D eigenvalue weighted by Crippen LogP contribution is 2.43. The molecule has 1 fully saturated rings. The summed E-state index contributed by atoms with van der Waals surface area (Å²) >= 11 is 0. The molecule has 2 aromatic rings. The van der Waals surface area contributed by atoms with E-state index in [-0.39, 0.29) is 17.4 Å². The molecule has 2 aliphatic rings. The molecule has 1 aromatic heterocycles. The van der Waals surface area contributed by atoms with E-state index in [1.54, 1.807) is 29.2 Å². The van der Waals surface area contributed by atoms with Gasteiger partial charge < -0.3 is 14.4 Å². The van der Waals surface area contributed by atoms with Gasteiger partial charge in [-0.3, -0.25) is 4.79 Å². The second-order valence-corrected chi connectivity index (χ2v) is 7.72. The van der Waals surface area contributed by atoms with Crippen molar-refractivity contribution in [3.63, 3.8) is 0 Å². The Kier molecular flexibility index (Phi) is 5.43. The Morgan fingerprint density at radius 2 is 1.97 bits per heavy atom. The fourth-order valence-electron chi connectivity index (χ4n) is 3.89. The van der Waals surface area contributed by atoms with Crippen LogP contribution in [0.2, 0.25) is 0 Å². The van der Waals surface area contributed by atoms with Gasteiger partial charge in [0, 0.05) is 18.2 Å². The lowest BCUT2D eigenvalue weighted by Gasteiger charge is -2.36. The summed E-state index contributed by atoms with van der Waals surface area (Å²) in [6, 6.07) is 9.05. The number of ether oxygens (including phenoxy) is 2. The number of carbonyl (C=O) groups excluding carboxylic acids is 1. The Morgan fingerprint density at radius 3 is 2.65 bits per heavy atom. The molecule has 0 radical (unpaired) electrons. The Morgan fingerprint density at radius 1 is 1.19 bits per heavy atom. The number of rotatable bonds is 3. The highest BCUT2D eigenvalue weighted by molar-refractivity contribution is 5.92. The summed E-state index contributed by atoms with van der Waals surface area (Å²) in [4.78, 5) is 14.6. The number of aromatic nitrogens is 2. The van der Waals surface area contributed by atoms with Crippen molar-refractivity contribution in [2.45, 2.75) is 19.7 Å². The summed E-state index contributed by atoms with van der Waals surface area (Å²) in [6.45, 7) is 3.21. The molecule has 1 aliphatic heterocycles. The van der Waals surface area contributed by atoms with Crippen molar-refractivity contribution in [1.82, 2.24) is 15.1 Å². The predicted molar refractivity (Wildman–Crippen MR) is 106 cm³/mol. The Hall–Kier alpha value is -3.36. The smallest absolute Gasteiger partial charge is 0.495 e. The minimum Gasteiger partial charge on any atom is -0.495 e. The van der Waals surface area contributed by atoms with Gasteiger partial charge in [0.15, 0.2) is 5.69 Å². The molecule has 1 unspecified atom stereocenters. The standard InChI is InChI=1S/C22H20F3N3O3/c1-21-13-16(15-4-7-17(8-5-15)31-22(23,24)25)6-9-19(21)30-12-11-28(14-21)20(29)18-3-2-10-26-27-18/h2-10H,11-14H2,1H3. The van der Waals surface area contributed by atoms with E-state index in [9.17, 15) is 18.0 Å². The lowest BCUT2D eigenvalue weighted by Crippen LogP contribution is -2.40. The van der Waals surface area contributed by atoms with Crippen LogP contribution in [0.5, 0.6) is 5.75 Å². The molecule has 1 aliphatic carbocycles. The van der Waals surface area contributed by atoms with E-state index in [2.05, 4.69) is 14.9 Å². The number of alkyl halides is 3. The van der Waals surface area contributed by atoms with Crippen molar-refractivity contribution in [2.75, 3.05) is 19.7 Å². The van der Waals surface area contributed by atoms with Crippen molar-refractivity contribution in [1.29, 1.82) is 0 Å². The van der Waals surface area contributed by atoms with Crippen LogP contribution in [-0.4, -0.2) is 47.1 Å². The maximum absolute atomic E-state index is 12.9. The van der Waals surface area contributed by atoms with E-state index in [0.717, 1.165) is 16.9 Å². The highest BCUT2D eigenvalue weighted by Gasteiger charge is 2.39. The van der Waals surface area contributed by atoms with Crippen LogP contribution >= 0.6 is 0 Å². The zero-order valence-corrected chi connectivity index (χ0v) is 16.7. The van der Waals surface area contributed by atoms with Crippen LogP contribution in [0.4, 0.5) is 13.2 Å². The van der Waals surface area contributed by atoms with Crippen molar-refractivity contribution in [2.24, 2.45) is 5.41 Å². The summed E-state index contributed by atoms with van der Waals surface area (Å²) in [5.74, 6) is 0.292. The number of amides is 1. The van der Waals surface area contributed by atoms with Crippen LogP contribution in [-0.2, 0) is 4.74 Å². The number of carbonyl (C=O) groups is 1. The first-order chi connectivity index (χ1) is 14.7. The van der Waals surface area contributed by atoms with Crippen LogP contribution in [0.15, 0.2) is 60.5 Å². The third-order valence-electron chi connectivity index (χ3n) is 5.31. The fraction of sp³-hybridized carbons (Fsp3) is 0.318. The predicted octanol–water partition coefficient (Wildman–Crippen LogP) is 4.23. The maximum atomic E-state index is 12.9. The molecule has 1 amide bonds. The highest BCUT2D eigenvalue weighted by atomic mass is 19.4. The van der Waals surface area contributed by atoms with Gasteiger partial charge in [0.25, 0.3) is 5.91 Å². The SMILES string of the molecule is CC12CC(c3ccc(OC(F)(F)F)cc3)=CC=C1OCCN(C(=O)c1cccnn1)C2. The number of nitrogens with zero attached hydrogens (tertiary/aromatic N) is 3. The minimum atomic E-state index is -4.73. The molecule has 162 valence electrons. The molecule has 2 heterocycles. The molecule has 0 saturated carbocycles. The van der Waals surface area contributed by atoms with Crippen LogP contribution in [0.25, 0.3) is 5.57 Å². The summed E-state index contributed by atoms with van der Waals surface area (Å²) in [5, 5.41) is 7.68. The molecule has 1 saturated heterocycles. The number of benzene rings is 1. The summed E-state index contributed by atoms with van der Waals surface area (Å²) in [6.07, 6.45) is 1.11. The second kappa shape index (κ2) is 8.05. The number of fused-ring (bicyclic) bond motifs is 1. The Bertz CT molecular complexity index is 1020. The van der Waals surface area contributed by atoms with Crippen LogP contribution in [0.3, 0.4) is 0 Å². The molecular weight excluding hydrogens is 411 g/mol. The molecule has 1 aromatic carbocycles. The molecule has 0 bridgehead atoms. The van der Waals surface area contributed by atoms with E-state index in [1.807, 2.05) is 19.1 Å². The van der Waals surface area contributed by atoms with E-state index >= 15 is 0 Å². The molecule has 9 heteroatoms. The monoisotopic (exact) mass is 431 g/mol. The topological polar surface area (TPSA) is 64.6 Å². The zero-order valence-electron chi connectivity index (χ0n) is 16.7. The van der Waals surface area contributed by atoms with Crippen LogP contribution in [0, 0.1) is 5.41 Å². The van der Waals surface area contributed by atoms with E-state index in [0.29, 0.717) is 26.1 Å². The Labute approximate surface area is 177 Å². The van der Waals surface area contributed by atoms with Gasteiger partial charge in [-0.1, -0.05) is 25.1 Å².